The molecule has 1 fully saturated rings. The molecule has 1 atom stereocenters. The predicted molar refractivity (Wildman–Crippen MR) is 66.7 cm³/mol. The third-order valence-electron chi connectivity index (χ3n) is 3.06. The van der Waals surface area contributed by atoms with Crippen LogP contribution in [0.2, 0.25) is 0 Å². The van der Waals surface area contributed by atoms with Gasteiger partial charge >= 0.3 is 0 Å². The minimum Gasteiger partial charge on any atom is -0.326 e. The smallest absolute Gasteiger partial charge is 0.228 e. The number of nitrogens with two attached hydrogens (primary N) is 1. The molecule has 1 amide bonds. The molecule has 0 saturated carbocycles. The summed E-state index contributed by atoms with van der Waals surface area (Å²) in [7, 11) is 0. The zero-order valence-electron chi connectivity index (χ0n) is 9.34. The van der Waals surface area contributed by atoms with Crippen molar-refractivity contribution >= 4 is 22.5 Å². The molecule has 1 saturated heterocycles. The number of anilines is 1. The first kappa shape index (κ1) is 10.2. The van der Waals surface area contributed by atoms with Crippen LogP contribution in [0.25, 0.3) is 10.9 Å². The maximum absolute atomic E-state index is 11.8. The van der Waals surface area contributed by atoms with E-state index in [4.69, 9.17) is 5.73 Å². The van der Waals surface area contributed by atoms with Gasteiger partial charge in [-0.2, -0.15) is 0 Å². The fourth-order valence-electron chi connectivity index (χ4n) is 2.27. The third-order valence-corrected chi connectivity index (χ3v) is 3.06. The molecule has 0 radical (unpaired) electrons. The van der Waals surface area contributed by atoms with Gasteiger partial charge in [-0.3, -0.25) is 9.78 Å². The minimum absolute atomic E-state index is 0.0681. The fraction of sp³-hybridized carbons (Fsp3) is 0.231. The highest BCUT2D eigenvalue weighted by Crippen LogP contribution is 2.27. The Morgan fingerprint density at radius 1 is 1.29 bits per heavy atom. The van der Waals surface area contributed by atoms with E-state index < -0.39 is 0 Å². The summed E-state index contributed by atoms with van der Waals surface area (Å²) < 4.78 is 0. The molecule has 0 aliphatic carbocycles. The number of fused-ring (bicyclic) bond motifs is 1. The summed E-state index contributed by atoms with van der Waals surface area (Å²) in [6.07, 6.45) is 2.16. The Balaban J connectivity index is 2.14. The van der Waals surface area contributed by atoms with Crippen LogP contribution in [0.15, 0.2) is 36.5 Å². The van der Waals surface area contributed by atoms with Crippen LogP contribution in [0.3, 0.4) is 0 Å². The Hall–Kier alpha value is -1.94. The number of carbonyl (C=O) groups excluding carboxylic acids is 1. The highest BCUT2D eigenvalue weighted by atomic mass is 16.2. The first-order valence-corrected chi connectivity index (χ1v) is 5.65. The van der Waals surface area contributed by atoms with E-state index in [0.717, 1.165) is 16.6 Å². The molecule has 1 aromatic carbocycles. The van der Waals surface area contributed by atoms with Crippen molar-refractivity contribution in [3.05, 3.63) is 36.5 Å². The molecular weight excluding hydrogens is 214 g/mol. The Bertz CT molecular complexity index is 576. The van der Waals surface area contributed by atoms with Crippen LogP contribution in [0, 0.1) is 0 Å². The Labute approximate surface area is 99.0 Å². The monoisotopic (exact) mass is 227 g/mol. The first-order chi connectivity index (χ1) is 8.25. The number of para-hydroxylation sites is 1. The van der Waals surface area contributed by atoms with Crippen molar-refractivity contribution in [3.63, 3.8) is 0 Å². The van der Waals surface area contributed by atoms with Gasteiger partial charge in [0.15, 0.2) is 0 Å². The van der Waals surface area contributed by atoms with Gasteiger partial charge in [0.1, 0.15) is 0 Å². The Kier molecular flexibility index (Phi) is 2.30. The zero-order chi connectivity index (χ0) is 11.8. The largest absolute Gasteiger partial charge is 0.326 e. The Morgan fingerprint density at radius 2 is 2.12 bits per heavy atom. The summed E-state index contributed by atoms with van der Waals surface area (Å²) in [6, 6.07) is 9.67. The molecule has 86 valence electrons. The van der Waals surface area contributed by atoms with E-state index in [-0.39, 0.29) is 11.9 Å². The van der Waals surface area contributed by atoms with Crippen LogP contribution in [-0.4, -0.2) is 23.5 Å². The number of hydrogen-bond acceptors (Lipinski definition) is 3. The standard InChI is InChI=1S/C13H13N3O/c14-10-7-12(17)16(8-10)11-5-1-3-9-4-2-6-15-13(9)11/h1-6,10H,7-8,14H2. The van der Waals surface area contributed by atoms with Crippen LogP contribution >= 0.6 is 0 Å². The van der Waals surface area contributed by atoms with Gasteiger partial charge in [0.05, 0.1) is 11.2 Å². The quantitative estimate of drug-likeness (QED) is 0.798. The molecule has 4 heteroatoms. The molecule has 2 heterocycles. The number of nitrogens with zero attached hydrogens (tertiary/aromatic N) is 2. The van der Waals surface area contributed by atoms with Crippen LogP contribution in [0.4, 0.5) is 5.69 Å². The van der Waals surface area contributed by atoms with Crippen molar-refractivity contribution < 1.29 is 4.79 Å². The lowest BCUT2D eigenvalue weighted by Crippen LogP contribution is -2.28. The van der Waals surface area contributed by atoms with Crippen molar-refractivity contribution in [2.45, 2.75) is 12.5 Å². The van der Waals surface area contributed by atoms with Crippen molar-refractivity contribution in [1.29, 1.82) is 0 Å². The SMILES string of the molecule is NC1CC(=O)N(c2cccc3cccnc23)C1. The van der Waals surface area contributed by atoms with E-state index in [2.05, 4.69) is 4.98 Å². The second kappa shape index (κ2) is 3.82. The fourth-order valence-corrected chi connectivity index (χ4v) is 2.27. The second-order valence-electron chi connectivity index (χ2n) is 4.32. The number of hydrogen-bond donors (Lipinski definition) is 1. The maximum Gasteiger partial charge on any atom is 0.228 e. The topological polar surface area (TPSA) is 59.2 Å². The highest BCUT2D eigenvalue weighted by Gasteiger charge is 2.29. The lowest BCUT2D eigenvalue weighted by molar-refractivity contribution is -0.117. The molecule has 1 aliphatic heterocycles. The van der Waals surface area contributed by atoms with Gasteiger partial charge in [-0.15, -0.1) is 0 Å². The van der Waals surface area contributed by atoms with Crippen molar-refractivity contribution in [3.8, 4) is 0 Å². The Morgan fingerprint density at radius 3 is 2.88 bits per heavy atom. The summed E-state index contributed by atoms with van der Waals surface area (Å²) in [6.45, 7) is 0.578. The van der Waals surface area contributed by atoms with E-state index in [1.807, 2.05) is 30.3 Å². The maximum atomic E-state index is 11.8. The average Bonchev–Trinajstić information content (AvgIpc) is 2.68. The molecule has 2 aromatic rings. The molecule has 2 N–H and O–H groups in total. The molecular formula is C13H13N3O. The number of carbonyl (C=O) groups is 1. The molecule has 3 rings (SSSR count). The summed E-state index contributed by atoms with van der Waals surface area (Å²) in [5, 5.41) is 1.04. The van der Waals surface area contributed by atoms with Crippen LogP contribution in [-0.2, 0) is 4.79 Å². The summed E-state index contributed by atoms with van der Waals surface area (Å²) >= 11 is 0. The van der Waals surface area contributed by atoms with Gasteiger partial charge < -0.3 is 10.6 Å². The molecule has 0 spiro atoms. The van der Waals surface area contributed by atoms with Gasteiger partial charge in [-0.05, 0) is 12.1 Å². The number of aromatic nitrogens is 1. The summed E-state index contributed by atoms with van der Waals surface area (Å²) in [5.74, 6) is 0.0793. The normalized spacial score (nSPS) is 20.2. The van der Waals surface area contributed by atoms with Gasteiger partial charge in [0, 0.05) is 30.6 Å². The van der Waals surface area contributed by atoms with Crippen molar-refractivity contribution in [2.75, 3.05) is 11.4 Å². The lowest BCUT2D eigenvalue weighted by Gasteiger charge is -2.17. The average molecular weight is 227 g/mol. The zero-order valence-corrected chi connectivity index (χ0v) is 9.34. The van der Waals surface area contributed by atoms with Gasteiger partial charge in [-0.25, -0.2) is 0 Å². The molecule has 1 aliphatic rings. The minimum atomic E-state index is -0.0681. The number of benzene rings is 1. The van der Waals surface area contributed by atoms with E-state index >= 15 is 0 Å². The van der Waals surface area contributed by atoms with E-state index in [9.17, 15) is 4.79 Å². The van der Waals surface area contributed by atoms with Crippen molar-refractivity contribution in [2.24, 2.45) is 5.73 Å². The summed E-state index contributed by atoms with van der Waals surface area (Å²) in [4.78, 5) is 17.9. The number of amides is 1. The van der Waals surface area contributed by atoms with E-state index in [0.29, 0.717) is 13.0 Å². The molecule has 17 heavy (non-hydrogen) atoms. The van der Waals surface area contributed by atoms with E-state index in [1.54, 1.807) is 11.1 Å². The molecule has 1 aromatic heterocycles. The van der Waals surface area contributed by atoms with Crippen LogP contribution < -0.4 is 10.6 Å². The van der Waals surface area contributed by atoms with Gasteiger partial charge in [0.2, 0.25) is 5.91 Å². The lowest BCUT2D eigenvalue weighted by atomic mass is 10.2. The number of rotatable bonds is 1. The van der Waals surface area contributed by atoms with Crippen LogP contribution in [0.5, 0.6) is 0 Å². The van der Waals surface area contributed by atoms with Gasteiger partial charge in [0.25, 0.3) is 0 Å². The predicted octanol–water partition coefficient (Wildman–Crippen LogP) is 1.30. The van der Waals surface area contributed by atoms with Gasteiger partial charge in [-0.1, -0.05) is 18.2 Å². The van der Waals surface area contributed by atoms with Crippen LogP contribution in [0.1, 0.15) is 6.42 Å². The first-order valence-electron chi connectivity index (χ1n) is 5.65. The summed E-state index contributed by atoms with van der Waals surface area (Å²) in [5.41, 5.74) is 7.53. The molecule has 0 bridgehead atoms. The highest BCUT2D eigenvalue weighted by molar-refractivity contribution is 6.03. The van der Waals surface area contributed by atoms with Crippen molar-refractivity contribution in [1.82, 2.24) is 4.98 Å². The van der Waals surface area contributed by atoms with E-state index in [1.165, 1.54) is 0 Å². The molecule has 1 unspecified atom stereocenters. The number of pyridine rings is 1. The second-order valence-corrected chi connectivity index (χ2v) is 4.32. The molecule has 4 nitrogen and oxygen atoms in total. The third kappa shape index (κ3) is 1.66.